The fourth-order valence-corrected chi connectivity index (χ4v) is 3.83. The number of benzene rings is 2. The number of esters is 1. The van der Waals surface area contributed by atoms with Gasteiger partial charge in [-0.1, -0.05) is 58.4 Å². The summed E-state index contributed by atoms with van der Waals surface area (Å²) in [5, 5.41) is 5.45. The molecule has 31 heavy (non-hydrogen) atoms. The van der Waals surface area contributed by atoms with E-state index in [1.165, 1.54) is 7.11 Å². The van der Waals surface area contributed by atoms with E-state index in [0.717, 1.165) is 45.1 Å². The van der Waals surface area contributed by atoms with Gasteiger partial charge in [-0.2, -0.15) is 5.10 Å². The quantitative estimate of drug-likeness (QED) is 0.412. The van der Waals surface area contributed by atoms with E-state index in [-0.39, 0.29) is 5.97 Å². The van der Waals surface area contributed by atoms with E-state index in [1.807, 2.05) is 28.9 Å². The molecule has 0 amide bonds. The van der Waals surface area contributed by atoms with Crippen LogP contribution in [0.15, 0.2) is 88.8 Å². The summed E-state index contributed by atoms with van der Waals surface area (Å²) in [7, 11) is 1.38. The Morgan fingerprint density at radius 3 is 2.77 bits per heavy atom. The van der Waals surface area contributed by atoms with Crippen molar-refractivity contribution in [1.82, 2.24) is 9.78 Å². The second-order valence-electron chi connectivity index (χ2n) is 7.23. The first-order valence-corrected chi connectivity index (χ1v) is 10.9. The van der Waals surface area contributed by atoms with Crippen LogP contribution < -0.4 is 0 Å². The second kappa shape index (κ2) is 9.79. The molecule has 0 unspecified atom stereocenters. The standard InChI is InChI=1S/C25H23BrN2O3/c1-30-25(29)19-11-13-23-21(14-19)15-27-28(23)16-20-10-12-22(26)8-5-9-24(20)31-17-18-6-3-2-4-7-18/h2-4,6-11,13-15H,5,12,16-17H2,1H3/b20-10?,22-8+,24-9?. The number of methoxy groups -OCH3 is 1. The Labute approximate surface area is 189 Å². The van der Waals surface area contributed by atoms with Crippen LogP contribution in [0.25, 0.3) is 10.9 Å². The van der Waals surface area contributed by atoms with Crippen LogP contribution in [0, 0.1) is 0 Å². The highest BCUT2D eigenvalue weighted by molar-refractivity contribution is 9.11. The number of halogens is 1. The molecule has 0 saturated heterocycles. The molecule has 1 aliphatic rings. The summed E-state index contributed by atoms with van der Waals surface area (Å²) in [6.07, 6.45) is 9.80. The fraction of sp³-hybridized carbons (Fsp3) is 0.200. The molecule has 158 valence electrons. The molecular formula is C25H23BrN2O3. The van der Waals surface area contributed by atoms with Crippen LogP contribution in [-0.4, -0.2) is 22.9 Å². The van der Waals surface area contributed by atoms with Gasteiger partial charge >= 0.3 is 5.97 Å². The topological polar surface area (TPSA) is 53.3 Å². The third-order valence-corrected chi connectivity index (χ3v) is 5.77. The Kier molecular flexibility index (Phi) is 6.67. The number of rotatable bonds is 6. The molecule has 4 rings (SSSR count). The maximum Gasteiger partial charge on any atom is 0.337 e. The van der Waals surface area contributed by atoms with Crippen molar-refractivity contribution in [3.05, 3.63) is 99.9 Å². The van der Waals surface area contributed by atoms with Crippen molar-refractivity contribution >= 4 is 32.8 Å². The van der Waals surface area contributed by atoms with E-state index >= 15 is 0 Å². The van der Waals surface area contributed by atoms with Gasteiger partial charge in [0.25, 0.3) is 0 Å². The first-order chi connectivity index (χ1) is 15.1. The van der Waals surface area contributed by atoms with E-state index in [0.29, 0.717) is 18.7 Å². The van der Waals surface area contributed by atoms with Crippen molar-refractivity contribution < 1.29 is 14.3 Å². The minimum Gasteiger partial charge on any atom is -0.489 e. The summed E-state index contributed by atoms with van der Waals surface area (Å²) < 4.78 is 14.1. The number of carbonyl (C=O) groups excluding carboxylic acids is 1. The highest BCUT2D eigenvalue weighted by Crippen LogP contribution is 2.26. The zero-order chi connectivity index (χ0) is 21.6. The van der Waals surface area contributed by atoms with Crippen LogP contribution in [0.3, 0.4) is 0 Å². The Hall–Kier alpha value is -3.12. The van der Waals surface area contributed by atoms with Gasteiger partial charge in [0.05, 0.1) is 30.9 Å². The zero-order valence-electron chi connectivity index (χ0n) is 17.3. The molecule has 0 N–H and O–H groups in total. The maximum atomic E-state index is 11.8. The zero-order valence-corrected chi connectivity index (χ0v) is 18.8. The predicted molar refractivity (Wildman–Crippen MR) is 125 cm³/mol. The number of hydrogen-bond acceptors (Lipinski definition) is 4. The molecule has 6 heteroatoms. The molecule has 0 aliphatic heterocycles. The van der Waals surface area contributed by atoms with Gasteiger partial charge in [-0.25, -0.2) is 4.79 Å². The number of nitrogens with zero attached hydrogens (tertiary/aromatic N) is 2. The van der Waals surface area contributed by atoms with Gasteiger partial charge in [-0.05, 0) is 47.2 Å². The fourth-order valence-electron chi connectivity index (χ4n) is 3.48. The Bertz CT molecular complexity index is 1180. The van der Waals surface area contributed by atoms with Crippen molar-refractivity contribution in [2.45, 2.75) is 26.0 Å². The summed E-state index contributed by atoms with van der Waals surface area (Å²) >= 11 is 3.62. The molecule has 0 atom stereocenters. The first kappa shape index (κ1) is 21.1. The van der Waals surface area contributed by atoms with E-state index in [2.05, 4.69) is 51.4 Å². The highest BCUT2D eigenvalue weighted by Gasteiger charge is 2.14. The van der Waals surface area contributed by atoms with E-state index < -0.39 is 0 Å². The summed E-state index contributed by atoms with van der Waals surface area (Å²) in [4.78, 5) is 11.8. The van der Waals surface area contributed by atoms with Crippen LogP contribution in [0.2, 0.25) is 0 Å². The van der Waals surface area contributed by atoms with Crippen molar-refractivity contribution in [2.75, 3.05) is 7.11 Å². The number of hydrogen-bond donors (Lipinski definition) is 0. The average Bonchev–Trinajstić information content (AvgIpc) is 3.20. The minimum atomic E-state index is -0.353. The highest BCUT2D eigenvalue weighted by atomic mass is 79.9. The predicted octanol–water partition coefficient (Wildman–Crippen LogP) is 5.92. The number of ether oxygens (including phenoxy) is 2. The molecule has 0 bridgehead atoms. The molecule has 2 aromatic carbocycles. The van der Waals surface area contributed by atoms with Gasteiger partial charge in [0.15, 0.2) is 0 Å². The lowest BCUT2D eigenvalue weighted by Gasteiger charge is -2.17. The van der Waals surface area contributed by atoms with Gasteiger partial charge in [-0.3, -0.25) is 4.68 Å². The molecule has 5 nitrogen and oxygen atoms in total. The van der Waals surface area contributed by atoms with Crippen LogP contribution in [-0.2, 0) is 22.6 Å². The van der Waals surface area contributed by atoms with E-state index in [9.17, 15) is 4.79 Å². The van der Waals surface area contributed by atoms with Gasteiger partial charge in [0.2, 0.25) is 0 Å². The largest absolute Gasteiger partial charge is 0.489 e. The molecule has 1 aliphatic carbocycles. The number of carbonyl (C=O) groups is 1. The summed E-state index contributed by atoms with van der Waals surface area (Å²) in [5.74, 6) is 0.517. The minimum absolute atomic E-state index is 0.353. The number of aromatic nitrogens is 2. The molecule has 3 aromatic rings. The van der Waals surface area contributed by atoms with Crippen LogP contribution in [0.5, 0.6) is 0 Å². The molecule has 1 aromatic heterocycles. The van der Waals surface area contributed by atoms with Crippen molar-refractivity contribution in [3.63, 3.8) is 0 Å². The lowest BCUT2D eigenvalue weighted by atomic mass is 10.1. The van der Waals surface area contributed by atoms with E-state index in [1.54, 1.807) is 18.3 Å². The molecule has 0 radical (unpaired) electrons. The third-order valence-electron chi connectivity index (χ3n) is 5.12. The Morgan fingerprint density at radius 1 is 1.13 bits per heavy atom. The summed E-state index contributed by atoms with van der Waals surface area (Å²) in [6, 6.07) is 15.6. The first-order valence-electron chi connectivity index (χ1n) is 10.1. The smallest absolute Gasteiger partial charge is 0.337 e. The van der Waals surface area contributed by atoms with Gasteiger partial charge < -0.3 is 9.47 Å². The van der Waals surface area contributed by atoms with Crippen molar-refractivity contribution in [2.24, 2.45) is 0 Å². The lowest BCUT2D eigenvalue weighted by Crippen LogP contribution is -2.08. The van der Waals surface area contributed by atoms with Crippen LogP contribution >= 0.6 is 15.9 Å². The molecule has 0 spiro atoms. The maximum absolute atomic E-state index is 11.8. The molecule has 1 heterocycles. The third kappa shape index (κ3) is 5.14. The lowest BCUT2D eigenvalue weighted by molar-refractivity contribution is 0.0601. The molecule has 0 fully saturated rings. The molecule has 0 saturated carbocycles. The SMILES string of the molecule is COC(=O)c1ccc2c(cnn2CC2=CC/C(Br)=C\CC=C2OCc2ccccc2)c1. The number of allylic oxidation sites excluding steroid dienone is 5. The van der Waals surface area contributed by atoms with Crippen LogP contribution in [0.4, 0.5) is 0 Å². The van der Waals surface area contributed by atoms with Gasteiger partial charge in [0.1, 0.15) is 12.4 Å². The monoisotopic (exact) mass is 478 g/mol. The van der Waals surface area contributed by atoms with Gasteiger partial charge in [0, 0.05) is 11.0 Å². The Morgan fingerprint density at radius 2 is 1.97 bits per heavy atom. The summed E-state index contributed by atoms with van der Waals surface area (Å²) in [5.41, 5.74) is 3.66. The average molecular weight is 479 g/mol. The van der Waals surface area contributed by atoms with Crippen molar-refractivity contribution in [1.29, 1.82) is 0 Å². The summed E-state index contributed by atoms with van der Waals surface area (Å²) in [6.45, 7) is 1.08. The second-order valence-corrected chi connectivity index (χ2v) is 8.25. The Balaban J connectivity index is 1.59. The molecular weight excluding hydrogens is 456 g/mol. The van der Waals surface area contributed by atoms with E-state index in [4.69, 9.17) is 9.47 Å². The van der Waals surface area contributed by atoms with Gasteiger partial charge in [-0.15, -0.1) is 0 Å². The van der Waals surface area contributed by atoms with Crippen molar-refractivity contribution in [3.8, 4) is 0 Å². The number of fused-ring (bicyclic) bond motifs is 1. The van der Waals surface area contributed by atoms with Crippen LogP contribution in [0.1, 0.15) is 28.8 Å². The normalized spacial score (nSPS) is 15.9.